The summed E-state index contributed by atoms with van der Waals surface area (Å²) in [6.45, 7) is 6.74. The van der Waals surface area contributed by atoms with E-state index < -0.39 is 0 Å². The van der Waals surface area contributed by atoms with Crippen LogP contribution >= 0.6 is 0 Å². The normalized spacial score (nSPS) is 17.8. The third-order valence-electron chi connectivity index (χ3n) is 6.75. The predicted molar refractivity (Wildman–Crippen MR) is 141 cm³/mol. The van der Waals surface area contributed by atoms with E-state index in [1.54, 1.807) is 18.2 Å². The van der Waals surface area contributed by atoms with Gasteiger partial charge in [0, 0.05) is 63.2 Å². The van der Waals surface area contributed by atoms with Crippen LogP contribution in [0.4, 0.5) is 23.1 Å². The summed E-state index contributed by atoms with van der Waals surface area (Å²) in [6, 6.07) is 13.2. The Kier molecular flexibility index (Phi) is 6.89. The number of aryl methyl sites for hydroxylation is 2. The number of hydrogen-bond acceptors (Lipinski definition) is 8. The van der Waals surface area contributed by atoms with Crippen molar-refractivity contribution in [2.24, 2.45) is 5.92 Å². The molecule has 0 saturated carbocycles. The molecule has 0 spiro atoms. The molecule has 2 aliphatic rings. The largest absolute Gasteiger partial charge is 0.497 e. The van der Waals surface area contributed by atoms with Crippen LogP contribution in [0.5, 0.6) is 5.75 Å². The molecule has 1 aromatic carbocycles. The molecule has 10 heteroatoms. The highest BCUT2D eigenvalue weighted by Crippen LogP contribution is 2.29. The van der Waals surface area contributed by atoms with Crippen molar-refractivity contribution in [3.05, 3.63) is 60.0 Å². The third kappa shape index (κ3) is 5.47. The van der Waals surface area contributed by atoms with Gasteiger partial charge in [0.1, 0.15) is 29.0 Å². The molecular weight excluding hydrogens is 470 g/mol. The fourth-order valence-corrected chi connectivity index (χ4v) is 4.83. The first-order valence-corrected chi connectivity index (χ1v) is 12.4. The van der Waals surface area contributed by atoms with Gasteiger partial charge in [-0.15, -0.1) is 0 Å². The van der Waals surface area contributed by atoms with E-state index in [0.717, 1.165) is 22.9 Å². The summed E-state index contributed by atoms with van der Waals surface area (Å²) in [6.07, 6.45) is 1.99. The number of rotatable bonds is 6. The number of aromatic nitrogens is 3. The van der Waals surface area contributed by atoms with E-state index >= 15 is 0 Å². The number of nitrogens with one attached hydrogen (secondary N) is 1. The predicted octanol–water partition coefficient (Wildman–Crippen LogP) is 2.94. The number of pyridine rings is 1. The van der Waals surface area contributed by atoms with Gasteiger partial charge < -0.3 is 24.8 Å². The first-order chi connectivity index (χ1) is 17.9. The molecule has 0 bridgehead atoms. The molecule has 2 aromatic heterocycles. The van der Waals surface area contributed by atoms with Crippen LogP contribution in [0.2, 0.25) is 0 Å². The molecule has 2 fully saturated rings. The average Bonchev–Trinajstić information content (AvgIpc) is 3.29. The Balaban J connectivity index is 1.20. The highest BCUT2D eigenvalue weighted by molar-refractivity contribution is 6.00. The Morgan fingerprint density at radius 1 is 1.03 bits per heavy atom. The van der Waals surface area contributed by atoms with Crippen molar-refractivity contribution in [3.63, 3.8) is 0 Å². The fraction of sp³-hybridized carbons (Fsp3) is 0.370. The number of amides is 2. The van der Waals surface area contributed by atoms with Crippen molar-refractivity contribution in [2.45, 2.75) is 20.3 Å². The molecule has 1 unspecified atom stereocenters. The smallest absolute Gasteiger partial charge is 0.228 e. The Labute approximate surface area is 216 Å². The molecule has 2 aliphatic heterocycles. The molecular formula is C27H31N7O3. The Hall–Kier alpha value is -4.21. The maximum absolute atomic E-state index is 13.3. The van der Waals surface area contributed by atoms with E-state index in [-0.39, 0.29) is 24.2 Å². The first-order valence-electron chi connectivity index (χ1n) is 12.4. The number of anilines is 4. The van der Waals surface area contributed by atoms with Crippen molar-refractivity contribution in [3.8, 4) is 5.75 Å². The summed E-state index contributed by atoms with van der Waals surface area (Å²) in [5.41, 5.74) is 1.87. The second-order valence-corrected chi connectivity index (χ2v) is 9.42. The minimum Gasteiger partial charge on any atom is -0.497 e. The molecule has 1 atom stereocenters. The minimum atomic E-state index is -0.343. The molecule has 0 aliphatic carbocycles. The lowest BCUT2D eigenvalue weighted by Gasteiger charge is -2.36. The van der Waals surface area contributed by atoms with Gasteiger partial charge in [-0.2, -0.15) is 0 Å². The van der Waals surface area contributed by atoms with Gasteiger partial charge in [-0.3, -0.25) is 9.59 Å². The van der Waals surface area contributed by atoms with Gasteiger partial charge in [0.15, 0.2) is 0 Å². The molecule has 2 amide bonds. The number of benzene rings is 1. The van der Waals surface area contributed by atoms with E-state index in [1.807, 2.05) is 61.2 Å². The Morgan fingerprint density at radius 2 is 1.84 bits per heavy atom. The van der Waals surface area contributed by atoms with E-state index in [4.69, 9.17) is 4.74 Å². The van der Waals surface area contributed by atoms with Crippen molar-refractivity contribution >= 4 is 35.0 Å². The summed E-state index contributed by atoms with van der Waals surface area (Å²) in [5, 5.41) is 3.26. The third-order valence-corrected chi connectivity index (χ3v) is 6.75. The second-order valence-electron chi connectivity index (χ2n) is 9.42. The molecule has 5 rings (SSSR count). The number of ether oxygens (including phenoxy) is 1. The van der Waals surface area contributed by atoms with Crippen LogP contribution < -0.4 is 19.9 Å². The lowest BCUT2D eigenvalue weighted by molar-refractivity contribution is -0.136. The fourth-order valence-electron chi connectivity index (χ4n) is 4.83. The molecule has 2 saturated heterocycles. The monoisotopic (exact) mass is 501 g/mol. The van der Waals surface area contributed by atoms with E-state index in [2.05, 4.69) is 25.2 Å². The minimum absolute atomic E-state index is 0.0325. The van der Waals surface area contributed by atoms with Crippen LogP contribution in [0, 0.1) is 19.8 Å². The Bertz CT molecular complexity index is 1310. The standard InChI is InChI=1S/C27H31N7O3/c1-18-7-8-28-23(13-18)31-24-16-25(30-19(2)29-24)32-9-11-33(12-10-32)27(36)20-14-26(35)34(17-20)21-5-4-6-22(15-21)37-3/h4-8,13,15-16,20H,9-12,14,17H2,1-3H3,(H,28,29,30,31). The maximum atomic E-state index is 13.3. The Morgan fingerprint density at radius 3 is 2.59 bits per heavy atom. The number of methoxy groups -OCH3 is 1. The number of carbonyl (C=O) groups is 2. The van der Waals surface area contributed by atoms with Crippen molar-refractivity contribution < 1.29 is 14.3 Å². The van der Waals surface area contributed by atoms with E-state index in [1.165, 1.54) is 0 Å². The van der Waals surface area contributed by atoms with Gasteiger partial charge >= 0.3 is 0 Å². The van der Waals surface area contributed by atoms with Gasteiger partial charge in [0.05, 0.1) is 13.0 Å². The zero-order valence-electron chi connectivity index (χ0n) is 21.3. The summed E-state index contributed by atoms with van der Waals surface area (Å²) in [4.78, 5) is 45.2. The average molecular weight is 502 g/mol. The molecule has 37 heavy (non-hydrogen) atoms. The highest BCUT2D eigenvalue weighted by Gasteiger charge is 2.38. The maximum Gasteiger partial charge on any atom is 0.228 e. The van der Waals surface area contributed by atoms with Crippen LogP contribution in [-0.2, 0) is 9.59 Å². The van der Waals surface area contributed by atoms with Crippen molar-refractivity contribution in [1.29, 1.82) is 0 Å². The molecule has 4 heterocycles. The summed E-state index contributed by atoms with van der Waals surface area (Å²) in [7, 11) is 1.60. The quantitative estimate of drug-likeness (QED) is 0.550. The van der Waals surface area contributed by atoms with Crippen LogP contribution in [-0.4, -0.2) is 71.5 Å². The topological polar surface area (TPSA) is 104 Å². The molecule has 0 radical (unpaired) electrons. The van der Waals surface area contributed by atoms with Gasteiger partial charge in [-0.25, -0.2) is 15.0 Å². The number of piperazine rings is 1. The van der Waals surface area contributed by atoms with Crippen LogP contribution in [0.15, 0.2) is 48.7 Å². The number of nitrogens with zero attached hydrogens (tertiary/aromatic N) is 6. The van der Waals surface area contributed by atoms with Gasteiger partial charge in [0.2, 0.25) is 11.8 Å². The molecule has 10 nitrogen and oxygen atoms in total. The zero-order chi connectivity index (χ0) is 25.9. The van der Waals surface area contributed by atoms with E-state index in [9.17, 15) is 9.59 Å². The number of hydrogen-bond donors (Lipinski definition) is 1. The number of carbonyl (C=O) groups excluding carboxylic acids is 2. The SMILES string of the molecule is COc1cccc(N2CC(C(=O)N3CCN(c4cc(Nc5cc(C)ccn5)nc(C)n4)CC3)CC2=O)c1. The zero-order valence-corrected chi connectivity index (χ0v) is 21.3. The molecule has 192 valence electrons. The van der Waals surface area contributed by atoms with Gasteiger partial charge in [-0.05, 0) is 43.7 Å². The molecule has 1 N–H and O–H groups in total. The summed E-state index contributed by atoms with van der Waals surface area (Å²) < 4.78 is 5.28. The van der Waals surface area contributed by atoms with Crippen LogP contribution in [0.25, 0.3) is 0 Å². The lowest BCUT2D eigenvalue weighted by atomic mass is 10.1. The van der Waals surface area contributed by atoms with Crippen LogP contribution in [0.1, 0.15) is 17.8 Å². The van der Waals surface area contributed by atoms with Crippen molar-refractivity contribution in [2.75, 3.05) is 55.0 Å². The van der Waals surface area contributed by atoms with Gasteiger partial charge in [0.25, 0.3) is 0 Å². The first kappa shape index (κ1) is 24.5. The molecule has 3 aromatic rings. The van der Waals surface area contributed by atoms with Gasteiger partial charge in [-0.1, -0.05) is 6.07 Å². The highest BCUT2D eigenvalue weighted by atomic mass is 16.5. The van der Waals surface area contributed by atoms with E-state index in [0.29, 0.717) is 50.1 Å². The summed E-state index contributed by atoms with van der Waals surface area (Å²) in [5.74, 6) is 3.22. The lowest BCUT2D eigenvalue weighted by Crippen LogP contribution is -2.51. The van der Waals surface area contributed by atoms with Crippen molar-refractivity contribution in [1.82, 2.24) is 19.9 Å². The van der Waals surface area contributed by atoms with Crippen LogP contribution in [0.3, 0.4) is 0 Å². The summed E-state index contributed by atoms with van der Waals surface area (Å²) >= 11 is 0. The second kappa shape index (κ2) is 10.4.